The smallest absolute Gasteiger partial charge is 0.214 e. The fourth-order valence-electron chi connectivity index (χ4n) is 2.22. The van der Waals surface area contributed by atoms with Crippen LogP contribution in [0.15, 0.2) is 35.5 Å². The molecule has 1 aromatic carbocycles. The van der Waals surface area contributed by atoms with Crippen molar-refractivity contribution in [1.82, 2.24) is 20.2 Å². The average Bonchev–Trinajstić information content (AvgIpc) is 3.01. The SMILES string of the molecule is NC1CCCC1Sc1nnnn1-c1ccccc1. The number of aromatic nitrogens is 4. The summed E-state index contributed by atoms with van der Waals surface area (Å²) >= 11 is 1.69. The van der Waals surface area contributed by atoms with Crippen molar-refractivity contribution in [3.05, 3.63) is 30.3 Å². The third-order valence-corrected chi connectivity index (χ3v) is 4.56. The summed E-state index contributed by atoms with van der Waals surface area (Å²) in [5, 5.41) is 13.2. The maximum Gasteiger partial charge on any atom is 0.214 e. The Kier molecular flexibility index (Phi) is 3.29. The number of thioether (sulfide) groups is 1. The van der Waals surface area contributed by atoms with E-state index in [-0.39, 0.29) is 6.04 Å². The highest BCUT2D eigenvalue weighted by atomic mass is 32.2. The number of tetrazole rings is 1. The van der Waals surface area contributed by atoms with Crippen LogP contribution in [-0.2, 0) is 0 Å². The molecule has 1 heterocycles. The van der Waals surface area contributed by atoms with Crippen molar-refractivity contribution in [3.63, 3.8) is 0 Å². The van der Waals surface area contributed by atoms with Gasteiger partial charge in [0.15, 0.2) is 0 Å². The molecule has 3 rings (SSSR count). The standard InChI is InChI=1S/C12H15N5S/c13-10-7-4-8-11(10)18-12-14-15-16-17(12)9-5-2-1-3-6-9/h1-3,5-6,10-11H,4,7-8,13H2. The Bertz CT molecular complexity index is 512. The zero-order valence-electron chi connectivity index (χ0n) is 9.94. The van der Waals surface area contributed by atoms with Gasteiger partial charge in [-0.15, -0.1) is 5.10 Å². The zero-order chi connectivity index (χ0) is 12.4. The van der Waals surface area contributed by atoms with Crippen molar-refractivity contribution in [3.8, 4) is 5.69 Å². The van der Waals surface area contributed by atoms with Crippen LogP contribution in [0.25, 0.3) is 5.69 Å². The van der Waals surface area contributed by atoms with Crippen LogP contribution >= 0.6 is 11.8 Å². The molecule has 1 aromatic heterocycles. The number of nitrogens with two attached hydrogens (primary N) is 1. The molecule has 0 radical (unpaired) electrons. The lowest BCUT2D eigenvalue weighted by Crippen LogP contribution is -2.26. The molecule has 2 atom stereocenters. The summed E-state index contributed by atoms with van der Waals surface area (Å²) in [4.78, 5) is 0. The van der Waals surface area contributed by atoms with Gasteiger partial charge in [0.05, 0.1) is 5.69 Å². The zero-order valence-corrected chi connectivity index (χ0v) is 10.8. The van der Waals surface area contributed by atoms with E-state index >= 15 is 0 Å². The number of benzene rings is 1. The minimum atomic E-state index is 0.260. The van der Waals surface area contributed by atoms with Gasteiger partial charge >= 0.3 is 0 Å². The molecule has 6 heteroatoms. The molecule has 0 saturated heterocycles. The molecule has 0 spiro atoms. The molecular formula is C12H15N5S. The lowest BCUT2D eigenvalue weighted by molar-refractivity contribution is 0.708. The molecular weight excluding hydrogens is 246 g/mol. The molecule has 1 saturated carbocycles. The summed E-state index contributed by atoms with van der Waals surface area (Å²) in [6.45, 7) is 0. The Labute approximate surface area is 110 Å². The van der Waals surface area contributed by atoms with Crippen LogP contribution in [-0.4, -0.2) is 31.5 Å². The molecule has 0 amide bonds. The Morgan fingerprint density at radius 2 is 2.06 bits per heavy atom. The number of para-hydroxylation sites is 1. The molecule has 0 bridgehead atoms. The van der Waals surface area contributed by atoms with Gasteiger partial charge in [-0.05, 0) is 35.4 Å². The van der Waals surface area contributed by atoms with Gasteiger partial charge in [-0.3, -0.25) is 0 Å². The molecule has 2 aromatic rings. The summed E-state index contributed by atoms with van der Waals surface area (Å²) in [6, 6.07) is 10.2. The Morgan fingerprint density at radius 1 is 1.22 bits per heavy atom. The van der Waals surface area contributed by atoms with E-state index in [1.54, 1.807) is 16.4 Å². The van der Waals surface area contributed by atoms with Crippen LogP contribution in [0.5, 0.6) is 0 Å². The van der Waals surface area contributed by atoms with Crippen molar-refractivity contribution in [2.24, 2.45) is 5.73 Å². The second kappa shape index (κ2) is 5.07. The van der Waals surface area contributed by atoms with Gasteiger partial charge in [-0.1, -0.05) is 36.4 Å². The van der Waals surface area contributed by atoms with E-state index in [9.17, 15) is 0 Å². The summed E-state index contributed by atoms with van der Waals surface area (Å²) in [5.74, 6) is 0. The Morgan fingerprint density at radius 3 is 2.78 bits per heavy atom. The summed E-state index contributed by atoms with van der Waals surface area (Å²) in [7, 11) is 0. The van der Waals surface area contributed by atoms with E-state index < -0.39 is 0 Å². The predicted molar refractivity (Wildman–Crippen MR) is 70.6 cm³/mol. The third kappa shape index (κ3) is 2.26. The first-order valence-corrected chi connectivity index (χ1v) is 6.98. The lowest BCUT2D eigenvalue weighted by Gasteiger charge is -2.13. The van der Waals surface area contributed by atoms with Crippen molar-refractivity contribution in [2.45, 2.75) is 35.7 Å². The van der Waals surface area contributed by atoms with Gasteiger partial charge in [-0.2, -0.15) is 4.68 Å². The molecule has 2 N–H and O–H groups in total. The summed E-state index contributed by atoms with van der Waals surface area (Å²) in [5.41, 5.74) is 7.07. The predicted octanol–water partition coefficient (Wildman–Crippen LogP) is 1.63. The van der Waals surface area contributed by atoms with Crippen LogP contribution in [0.4, 0.5) is 0 Å². The van der Waals surface area contributed by atoms with Gasteiger partial charge < -0.3 is 5.73 Å². The van der Waals surface area contributed by atoms with Crippen molar-refractivity contribution in [2.75, 3.05) is 0 Å². The average molecular weight is 261 g/mol. The van der Waals surface area contributed by atoms with E-state index in [2.05, 4.69) is 15.5 Å². The first-order valence-electron chi connectivity index (χ1n) is 6.10. The largest absolute Gasteiger partial charge is 0.327 e. The fraction of sp³-hybridized carbons (Fsp3) is 0.417. The van der Waals surface area contributed by atoms with E-state index in [1.807, 2.05) is 30.3 Å². The molecule has 0 aliphatic heterocycles. The molecule has 1 aliphatic carbocycles. The number of rotatable bonds is 3. The first kappa shape index (κ1) is 11.7. The molecule has 1 aliphatic rings. The Balaban J connectivity index is 1.84. The molecule has 5 nitrogen and oxygen atoms in total. The van der Waals surface area contributed by atoms with Crippen LogP contribution < -0.4 is 5.73 Å². The third-order valence-electron chi connectivity index (χ3n) is 3.20. The van der Waals surface area contributed by atoms with Gasteiger partial charge in [0.25, 0.3) is 0 Å². The van der Waals surface area contributed by atoms with Gasteiger partial charge in [-0.25, -0.2) is 0 Å². The monoisotopic (exact) mass is 261 g/mol. The van der Waals surface area contributed by atoms with Crippen LogP contribution in [0.1, 0.15) is 19.3 Å². The second-order valence-corrected chi connectivity index (χ2v) is 5.67. The van der Waals surface area contributed by atoms with E-state index in [0.717, 1.165) is 23.7 Å². The number of nitrogens with zero attached hydrogens (tertiary/aromatic N) is 4. The Hall–Kier alpha value is -1.40. The number of hydrogen-bond donors (Lipinski definition) is 1. The minimum absolute atomic E-state index is 0.260. The van der Waals surface area contributed by atoms with Crippen LogP contribution in [0.2, 0.25) is 0 Å². The topological polar surface area (TPSA) is 69.6 Å². The van der Waals surface area contributed by atoms with Crippen molar-refractivity contribution in [1.29, 1.82) is 0 Å². The fourth-order valence-corrected chi connectivity index (χ4v) is 3.41. The first-order chi connectivity index (χ1) is 8.84. The second-order valence-electron chi connectivity index (χ2n) is 4.46. The van der Waals surface area contributed by atoms with Gasteiger partial charge in [0.2, 0.25) is 5.16 Å². The van der Waals surface area contributed by atoms with Gasteiger partial charge in [0.1, 0.15) is 0 Å². The highest BCUT2D eigenvalue weighted by molar-refractivity contribution is 7.99. The lowest BCUT2D eigenvalue weighted by atomic mass is 10.3. The normalized spacial score (nSPS) is 23.4. The minimum Gasteiger partial charge on any atom is -0.327 e. The highest BCUT2D eigenvalue weighted by Crippen LogP contribution is 2.33. The van der Waals surface area contributed by atoms with Crippen molar-refractivity contribution < 1.29 is 0 Å². The molecule has 1 fully saturated rings. The highest BCUT2D eigenvalue weighted by Gasteiger charge is 2.27. The van der Waals surface area contributed by atoms with Crippen LogP contribution in [0.3, 0.4) is 0 Å². The van der Waals surface area contributed by atoms with E-state index in [4.69, 9.17) is 5.73 Å². The summed E-state index contributed by atoms with van der Waals surface area (Å²) < 4.78 is 1.77. The number of hydrogen-bond acceptors (Lipinski definition) is 5. The van der Waals surface area contributed by atoms with E-state index in [1.165, 1.54) is 6.42 Å². The van der Waals surface area contributed by atoms with Crippen molar-refractivity contribution >= 4 is 11.8 Å². The van der Waals surface area contributed by atoms with Crippen LogP contribution in [0, 0.1) is 0 Å². The molecule has 94 valence electrons. The maximum atomic E-state index is 6.09. The quantitative estimate of drug-likeness (QED) is 0.909. The summed E-state index contributed by atoms with van der Waals surface area (Å²) in [6.07, 6.45) is 3.45. The van der Waals surface area contributed by atoms with Gasteiger partial charge in [0, 0.05) is 11.3 Å². The molecule has 18 heavy (non-hydrogen) atoms. The molecule has 2 unspecified atom stereocenters. The van der Waals surface area contributed by atoms with E-state index in [0.29, 0.717) is 5.25 Å². The maximum absolute atomic E-state index is 6.09.